The Morgan fingerprint density at radius 3 is 2.50 bits per heavy atom. The van der Waals surface area contributed by atoms with Gasteiger partial charge in [0.2, 0.25) is 6.79 Å². The van der Waals surface area contributed by atoms with Crippen LogP contribution in [0.3, 0.4) is 0 Å². The molecule has 7 nitrogen and oxygen atoms in total. The summed E-state index contributed by atoms with van der Waals surface area (Å²) in [5, 5.41) is 0. The van der Waals surface area contributed by atoms with Crippen molar-refractivity contribution in [1.29, 1.82) is 0 Å². The number of carbonyl (C=O) groups excluding carboxylic acids is 1. The molecule has 0 saturated heterocycles. The number of hydrogen-bond donors (Lipinski definition) is 0. The number of carbonyl (C=O) groups is 1. The molecule has 1 atom stereocenters. The molecule has 0 aromatic heterocycles. The SMILES string of the molecule is COc1cc2c(cc1OC)[C@@H](COc1ccc(F)cc1)N(C(=O)c1ccc3c(c1)OCO3)CC2. The van der Waals surface area contributed by atoms with Gasteiger partial charge in [-0.15, -0.1) is 0 Å². The lowest BCUT2D eigenvalue weighted by atomic mass is 9.91. The van der Waals surface area contributed by atoms with Crippen molar-refractivity contribution in [3.63, 3.8) is 0 Å². The van der Waals surface area contributed by atoms with Gasteiger partial charge in [-0.05, 0) is 72.1 Å². The van der Waals surface area contributed by atoms with E-state index < -0.39 is 6.04 Å². The van der Waals surface area contributed by atoms with E-state index in [9.17, 15) is 9.18 Å². The van der Waals surface area contributed by atoms with Crippen molar-refractivity contribution in [1.82, 2.24) is 4.90 Å². The molecule has 2 aliphatic heterocycles. The van der Waals surface area contributed by atoms with E-state index in [1.54, 1.807) is 49.5 Å². The third-order valence-corrected chi connectivity index (χ3v) is 6.10. The Bertz CT molecular complexity index is 1210. The maximum absolute atomic E-state index is 13.6. The lowest BCUT2D eigenvalue weighted by Gasteiger charge is -2.37. The Morgan fingerprint density at radius 2 is 1.74 bits per heavy atom. The number of rotatable bonds is 6. The molecular weight excluding hydrogens is 441 g/mol. The van der Waals surface area contributed by atoms with Crippen molar-refractivity contribution in [2.45, 2.75) is 12.5 Å². The van der Waals surface area contributed by atoms with Gasteiger partial charge in [0.15, 0.2) is 23.0 Å². The monoisotopic (exact) mass is 465 g/mol. The Morgan fingerprint density at radius 1 is 1.00 bits per heavy atom. The third-order valence-electron chi connectivity index (χ3n) is 6.10. The van der Waals surface area contributed by atoms with Gasteiger partial charge in [0.25, 0.3) is 5.91 Å². The standard InChI is InChI=1S/C26H24FNO6/c1-30-23-11-16-9-10-28(26(29)17-3-8-22-25(12-17)34-15-33-22)21(20(16)13-24(23)31-2)14-32-19-6-4-18(27)5-7-19/h3-8,11-13,21H,9-10,14-15H2,1-2H3/t21-/m1/s1. The van der Waals surface area contributed by atoms with Crippen LogP contribution >= 0.6 is 0 Å². The molecule has 3 aromatic rings. The predicted octanol–water partition coefficient (Wildman–Crippen LogP) is 4.39. The molecule has 0 unspecified atom stereocenters. The second-order valence-electron chi connectivity index (χ2n) is 8.00. The Balaban J connectivity index is 1.49. The maximum atomic E-state index is 13.6. The fourth-order valence-electron chi connectivity index (χ4n) is 4.35. The average Bonchev–Trinajstić information content (AvgIpc) is 3.35. The molecule has 0 bridgehead atoms. The van der Waals surface area contributed by atoms with E-state index in [-0.39, 0.29) is 25.1 Å². The molecule has 0 N–H and O–H groups in total. The first kappa shape index (κ1) is 21.9. The number of amides is 1. The van der Waals surface area contributed by atoms with Crippen LogP contribution in [-0.2, 0) is 6.42 Å². The molecule has 2 aliphatic rings. The Hall–Kier alpha value is -3.94. The number of ether oxygens (including phenoxy) is 5. The van der Waals surface area contributed by atoms with Gasteiger partial charge in [0, 0.05) is 12.1 Å². The molecule has 5 rings (SSSR count). The van der Waals surface area contributed by atoms with E-state index in [0.717, 1.165) is 11.1 Å². The molecule has 0 spiro atoms. The molecule has 2 heterocycles. The van der Waals surface area contributed by atoms with Gasteiger partial charge in [-0.25, -0.2) is 4.39 Å². The Kier molecular flexibility index (Phi) is 5.88. The minimum Gasteiger partial charge on any atom is -0.493 e. The number of halogens is 1. The molecule has 0 radical (unpaired) electrons. The Labute approximate surface area is 196 Å². The second kappa shape index (κ2) is 9.13. The molecule has 3 aromatic carbocycles. The van der Waals surface area contributed by atoms with Gasteiger partial charge in [-0.1, -0.05) is 0 Å². The highest BCUT2D eigenvalue weighted by Crippen LogP contribution is 2.40. The number of benzene rings is 3. The molecule has 8 heteroatoms. The third kappa shape index (κ3) is 4.07. The lowest BCUT2D eigenvalue weighted by Crippen LogP contribution is -2.42. The lowest BCUT2D eigenvalue weighted by molar-refractivity contribution is 0.0589. The van der Waals surface area contributed by atoms with Crippen LogP contribution in [0.1, 0.15) is 27.5 Å². The van der Waals surface area contributed by atoms with E-state index in [4.69, 9.17) is 23.7 Å². The quantitative estimate of drug-likeness (QED) is 0.538. The summed E-state index contributed by atoms with van der Waals surface area (Å²) >= 11 is 0. The first-order valence-corrected chi connectivity index (χ1v) is 10.9. The highest BCUT2D eigenvalue weighted by atomic mass is 19.1. The van der Waals surface area contributed by atoms with Crippen molar-refractivity contribution >= 4 is 5.91 Å². The minimum absolute atomic E-state index is 0.139. The van der Waals surface area contributed by atoms with Crippen LogP contribution in [0.25, 0.3) is 0 Å². The van der Waals surface area contributed by atoms with Crippen molar-refractivity contribution in [3.05, 3.63) is 77.1 Å². The van der Waals surface area contributed by atoms with Gasteiger partial charge < -0.3 is 28.6 Å². The van der Waals surface area contributed by atoms with Gasteiger partial charge in [-0.3, -0.25) is 4.79 Å². The fourth-order valence-corrected chi connectivity index (χ4v) is 4.35. The van der Waals surface area contributed by atoms with E-state index >= 15 is 0 Å². The van der Waals surface area contributed by atoms with Gasteiger partial charge in [-0.2, -0.15) is 0 Å². The molecule has 34 heavy (non-hydrogen) atoms. The van der Waals surface area contributed by atoms with Gasteiger partial charge in [0.05, 0.1) is 20.3 Å². The first-order chi connectivity index (χ1) is 16.6. The summed E-state index contributed by atoms with van der Waals surface area (Å²) in [5.41, 5.74) is 2.47. The number of methoxy groups -OCH3 is 2. The first-order valence-electron chi connectivity index (χ1n) is 10.9. The zero-order valence-corrected chi connectivity index (χ0v) is 18.9. The molecular formula is C26H24FNO6. The molecule has 0 fully saturated rings. The molecule has 0 aliphatic carbocycles. The zero-order chi connectivity index (χ0) is 23.7. The second-order valence-corrected chi connectivity index (χ2v) is 8.00. The molecule has 176 valence electrons. The van der Waals surface area contributed by atoms with Crippen LogP contribution in [0.2, 0.25) is 0 Å². The van der Waals surface area contributed by atoms with Gasteiger partial charge >= 0.3 is 0 Å². The smallest absolute Gasteiger partial charge is 0.254 e. The molecule has 1 amide bonds. The van der Waals surface area contributed by atoms with Crippen molar-refractivity contribution in [2.24, 2.45) is 0 Å². The maximum Gasteiger partial charge on any atom is 0.254 e. The predicted molar refractivity (Wildman–Crippen MR) is 121 cm³/mol. The normalized spacial score (nSPS) is 16.1. The molecule has 0 saturated carbocycles. The van der Waals surface area contributed by atoms with Crippen molar-refractivity contribution in [2.75, 3.05) is 34.2 Å². The van der Waals surface area contributed by atoms with Crippen LogP contribution in [-0.4, -0.2) is 45.0 Å². The summed E-state index contributed by atoms with van der Waals surface area (Å²) in [6.45, 7) is 0.817. The van der Waals surface area contributed by atoms with Crippen molar-refractivity contribution in [3.8, 4) is 28.7 Å². The van der Waals surface area contributed by atoms with Crippen LogP contribution in [0.5, 0.6) is 28.7 Å². The summed E-state index contributed by atoms with van der Waals surface area (Å²) in [7, 11) is 3.17. The van der Waals surface area contributed by atoms with Crippen LogP contribution < -0.4 is 23.7 Å². The highest BCUT2D eigenvalue weighted by molar-refractivity contribution is 5.95. The van der Waals surface area contributed by atoms with E-state index in [2.05, 4.69) is 0 Å². The van der Waals surface area contributed by atoms with Crippen LogP contribution in [0.15, 0.2) is 54.6 Å². The van der Waals surface area contributed by atoms with Crippen molar-refractivity contribution < 1.29 is 32.9 Å². The summed E-state index contributed by atoms with van der Waals surface area (Å²) in [5.74, 6) is 2.41. The summed E-state index contributed by atoms with van der Waals surface area (Å²) in [6.07, 6.45) is 0.652. The fraction of sp³-hybridized carbons (Fsp3) is 0.269. The zero-order valence-electron chi connectivity index (χ0n) is 18.9. The largest absolute Gasteiger partial charge is 0.493 e. The minimum atomic E-state index is -0.397. The van der Waals surface area contributed by atoms with Gasteiger partial charge in [0.1, 0.15) is 18.2 Å². The van der Waals surface area contributed by atoms with Crippen LogP contribution in [0.4, 0.5) is 4.39 Å². The topological polar surface area (TPSA) is 66.5 Å². The summed E-state index contributed by atoms with van der Waals surface area (Å²) in [6, 6.07) is 14.4. The average molecular weight is 465 g/mol. The number of nitrogens with zero attached hydrogens (tertiary/aromatic N) is 1. The summed E-state index contributed by atoms with van der Waals surface area (Å²) in [4.78, 5) is 15.4. The van der Waals surface area contributed by atoms with E-state index in [0.29, 0.717) is 47.3 Å². The highest BCUT2D eigenvalue weighted by Gasteiger charge is 2.34. The van der Waals surface area contributed by atoms with E-state index in [1.807, 2.05) is 12.1 Å². The number of hydrogen-bond acceptors (Lipinski definition) is 6. The van der Waals surface area contributed by atoms with Crippen LogP contribution in [0, 0.1) is 5.82 Å². The summed E-state index contributed by atoms with van der Waals surface area (Å²) < 4.78 is 41.1. The van der Waals surface area contributed by atoms with E-state index in [1.165, 1.54) is 12.1 Å². The number of fused-ring (bicyclic) bond motifs is 2.